The van der Waals surface area contributed by atoms with Gasteiger partial charge in [-0.15, -0.1) is 0 Å². The largest absolute Gasteiger partial charge is 0.315 e. The van der Waals surface area contributed by atoms with Crippen LogP contribution in [0.4, 0.5) is 0 Å². The molecule has 0 saturated heterocycles. The van der Waals surface area contributed by atoms with E-state index in [0.29, 0.717) is 4.90 Å². The Morgan fingerprint density at radius 1 is 1.54 bits per heavy atom. The summed E-state index contributed by atoms with van der Waals surface area (Å²) >= 11 is 0.911. The third kappa shape index (κ3) is 1.76. The van der Waals surface area contributed by atoms with E-state index < -0.39 is 0 Å². The molecule has 0 aromatic carbocycles. The van der Waals surface area contributed by atoms with Crippen LogP contribution in [0.15, 0.2) is 15.8 Å². The summed E-state index contributed by atoms with van der Waals surface area (Å²) in [5, 5.41) is 10.4. The molecule has 1 rings (SSSR count). The van der Waals surface area contributed by atoms with Crippen LogP contribution in [-0.4, -0.2) is 4.57 Å². The molecule has 3 nitrogen and oxygen atoms in total. The Bertz CT molecular complexity index is 428. The monoisotopic (exact) mass is 194 g/mol. The predicted octanol–water partition coefficient (Wildman–Crippen LogP) is 1.58. The molecule has 0 aliphatic carbocycles. The molecule has 0 bridgehead atoms. The van der Waals surface area contributed by atoms with Gasteiger partial charge in [0.1, 0.15) is 5.40 Å². The van der Waals surface area contributed by atoms with Gasteiger partial charge in [-0.25, -0.2) is 0 Å². The van der Waals surface area contributed by atoms with Crippen molar-refractivity contribution < 1.29 is 0 Å². The molecule has 0 fully saturated rings. The van der Waals surface area contributed by atoms with Crippen LogP contribution in [0.5, 0.6) is 0 Å². The molecule has 0 unspecified atom stereocenters. The van der Waals surface area contributed by atoms with E-state index in [1.807, 2.05) is 19.2 Å². The van der Waals surface area contributed by atoms with Crippen LogP contribution >= 0.6 is 11.8 Å². The van der Waals surface area contributed by atoms with Crippen LogP contribution in [0.2, 0.25) is 0 Å². The van der Waals surface area contributed by atoms with Crippen LogP contribution in [-0.2, 0) is 7.05 Å². The predicted molar refractivity (Wildman–Crippen MR) is 52.6 cm³/mol. The number of aryl methyl sites for hydroxylation is 1. The van der Waals surface area contributed by atoms with Gasteiger partial charge in [0.2, 0.25) is 0 Å². The average Bonchev–Trinajstić information content (AvgIpc) is 2.11. The van der Waals surface area contributed by atoms with E-state index in [9.17, 15) is 4.79 Å². The van der Waals surface area contributed by atoms with Gasteiger partial charge < -0.3 is 4.57 Å². The summed E-state index contributed by atoms with van der Waals surface area (Å²) in [5.74, 6) is 0. The Morgan fingerprint density at radius 2 is 2.15 bits per heavy atom. The lowest BCUT2D eigenvalue weighted by atomic mass is 10.2. The third-order valence-electron chi connectivity index (χ3n) is 2.09. The third-order valence-corrected chi connectivity index (χ3v) is 2.70. The molecule has 0 radical (unpaired) electrons. The number of nitriles is 1. The van der Waals surface area contributed by atoms with E-state index in [-0.39, 0.29) is 5.56 Å². The van der Waals surface area contributed by atoms with Gasteiger partial charge >= 0.3 is 0 Å². The van der Waals surface area contributed by atoms with Crippen LogP contribution in [0.3, 0.4) is 0 Å². The smallest absolute Gasteiger partial charge is 0.265 e. The number of nitrogens with zero attached hydrogens (tertiary/aromatic N) is 2. The molecule has 0 amide bonds. The first kappa shape index (κ1) is 9.87. The van der Waals surface area contributed by atoms with Crippen molar-refractivity contribution in [1.29, 1.82) is 5.26 Å². The van der Waals surface area contributed by atoms with Gasteiger partial charge in [-0.1, -0.05) is 0 Å². The minimum absolute atomic E-state index is 0.102. The lowest BCUT2D eigenvalue weighted by molar-refractivity contribution is 0.784. The van der Waals surface area contributed by atoms with Crippen molar-refractivity contribution in [2.45, 2.75) is 18.7 Å². The normalized spacial score (nSPS) is 9.69. The number of thiocyanates is 1. The van der Waals surface area contributed by atoms with Crippen LogP contribution in [0.1, 0.15) is 11.3 Å². The molecule has 0 atom stereocenters. The van der Waals surface area contributed by atoms with Crippen molar-refractivity contribution in [3.05, 3.63) is 27.7 Å². The highest BCUT2D eigenvalue weighted by Gasteiger charge is 2.06. The summed E-state index contributed by atoms with van der Waals surface area (Å²) in [6.07, 6.45) is 0. The summed E-state index contributed by atoms with van der Waals surface area (Å²) < 4.78 is 1.56. The summed E-state index contributed by atoms with van der Waals surface area (Å²) in [5.41, 5.74) is 1.86. The van der Waals surface area contributed by atoms with Crippen molar-refractivity contribution in [1.82, 2.24) is 4.57 Å². The molecule has 0 aliphatic rings. The molecule has 0 N–H and O–H groups in total. The number of aromatic nitrogens is 1. The highest BCUT2D eigenvalue weighted by Crippen LogP contribution is 2.14. The zero-order chi connectivity index (χ0) is 10.0. The van der Waals surface area contributed by atoms with Gasteiger partial charge in [-0.2, -0.15) is 5.26 Å². The first-order chi connectivity index (χ1) is 6.07. The summed E-state index contributed by atoms with van der Waals surface area (Å²) in [6, 6.07) is 1.76. The van der Waals surface area contributed by atoms with Gasteiger partial charge in [0.25, 0.3) is 5.56 Å². The van der Waals surface area contributed by atoms with Crippen molar-refractivity contribution in [3.8, 4) is 5.40 Å². The van der Waals surface area contributed by atoms with E-state index in [2.05, 4.69) is 0 Å². The molecule has 0 aliphatic heterocycles. The van der Waals surface area contributed by atoms with E-state index in [1.165, 1.54) is 0 Å². The second-order valence-electron chi connectivity index (χ2n) is 2.83. The lowest BCUT2D eigenvalue weighted by Crippen LogP contribution is -2.21. The second kappa shape index (κ2) is 3.67. The van der Waals surface area contributed by atoms with Crippen LogP contribution in [0, 0.1) is 24.5 Å². The van der Waals surface area contributed by atoms with E-state index in [4.69, 9.17) is 5.26 Å². The molecular weight excluding hydrogens is 184 g/mol. The SMILES string of the molecule is Cc1cc(SC#N)c(=O)n(C)c1C. The summed E-state index contributed by atoms with van der Waals surface area (Å²) in [6.45, 7) is 3.81. The zero-order valence-corrected chi connectivity index (χ0v) is 8.60. The highest BCUT2D eigenvalue weighted by molar-refractivity contribution is 8.03. The molecule has 0 spiro atoms. The summed E-state index contributed by atoms with van der Waals surface area (Å²) in [7, 11) is 1.71. The number of thioether (sulfide) groups is 1. The Kier molecular flexibility index (Phi) is 2.79. The number of pyridine rings is 1. The maximum Gasteiger partial charge on any atom is 0.265 e. The van der Waals surface area contributed by atoms with E-state index in [1.54, 1.807) is 17.7 Å². The van der Waals surface area contributed by atoms with Crippen molar-refractivity contribution in [3.63, 3.8) is 0 Å². The molecule has 1 aromatic rings. The van der Waals surface area contributed by atoms with Crippen LogP contribution < -0.4 is 5.56 Å². The van der Waals surface area contributed by atoms with Gasteiger partial charge in [-0.3, -0.25) is 4.79 Å². The Balaban J connectivity index is 3.43. The maximum absolute atomic E-state index is 11.5. The zero-order valence-electron chi connectivity index (χ0n) is 7.79. The first-order valence-electron chi connectivity index (χ1n) is 3.81. The number of hydrogen-bond donors (Lipinski definition) is 0. The highest BCUT2D eigenvalue weighted by atomic mass is 32.2. The van der Waals surface area contributed by atoms with Crippen LogP contribution in [0.25, 0.3) is 0 Å². The van der Waals surface area contributed by atoms with Gasteiger partial charge in [0, 0.05) is 12.7 Å². The molecule has 0 saturated carbocycles. The fourth-order valence-electron chi connectivity index (χ4n) is 1.07. The Hall–Kier alpha value is -1.21. The molecular formula is C9H10N2OS. The molecule has 1 aromatic heterocycles. The first-order valence-corrected chi connectivity index (χ1v) is 4.62. The lowest BCUT2D eigenvalue weighted by Gasteiger charge is -2.07. The Labute approximate surface area is 81.0 Å². The molecule has 4 heteroatoms. The second-order valence-corrected chi connectivity index (χ2v) is 3.66. The number of hydrogen-bond acceptors (Lipinski definition) is 3. The minimum Gasteiger partial charge on any atom is -0.315 e. The average molecular weight is 194 g/mol. The van der Waals surface area contributed by atoms with E-state index >= 15 is 0 Å². The fourth-order valence-corrected chi connectivity index (χ4v) is 1.63. The topological polar surface area (TPSA) is 45.8 Å². The van der Waals surface area contributed by atoms with E-state index in [0.717, 1.165) is 23.0 Å². The summed E-state index contributed by atoms with van der Waals surface area (Å²) in [4.78, 5) is 12.0. The quantitative estimate of drug-likeness (QED) is 0.503. The minimum atomic E-state index is -0.102. The number of rotatable bonds is 1. The maximum atomic E-state index is 11.5. The van der Waals surface area contributed by atoms with Gasteiger partial charge in [-0.05, 0) is 37.2 Å². The van der Waals surface area contributed by atoms with Crippen molar-refractivity contribution in [2.24, 2.45) is 7.05 Å². The molecule has 1 heterocycles. The Morgan fingerprint density at radius 3 is 2.69 bits per heavy atom. The standard InChI is InChI=1S/C9H10N2OS/c1-6-4-8(13-5-10)9(12)11(3)7(6)2/h4H,1-3H3. The van der Waals surface area contributed by atoms with Crippen molar-refractivity contribution >= 4 is 11.8 Å². The van der Waals surface area contributed by atoms with Gasteiger partial charge in [0.15, 0.2) is 0 Å². The fraction of sp³-hybridized carbons (Fsp3) is 0.333. The molecule has 68 valence electrons. The van der Waals surface area contributed by atoms with Crippen molar-refractivity contribution in [2.75, 3.05) is 0 Å². The molecule has 13 heavy (non-hydrogen) atoms. The van der Waals surface area contributed by atoms with Gasteiger partial charge in [0.05, 0.1) is 4.90 Å².